The van der Waals surface area contributed by atoms with Crippen LogP contribution in [0.5, 0.6) is 0 Å². The second-order valence-corrected chi connectivity index (χ2v) is 5.16. The fraction of sp³-hybridized carbons (Fsp3) is 1.00. The summed E-state index contributed by atoms with van der Waals surface area (Å²) in [4.78, 5) is 0. The summed E-state index contributed by atoms with van der Waals surface area (Å²) in [6, 6.07) is 0. The number of hydrogen-bond acceptors (Lipinski definition) is 3. The molecule has 2 saturated carbocycles. The topological polar surface area (TPSA) is 43.4 Å². The van der Waals surface area contributed by atoms with E-state index >= 15 is 0 Å². The second-order valence-electron chi connectivity index (χ2n) is 3.04. The third kappa shape index (κ3) is 1.15. The summed E-state index contributed by atoms with van der Waals surface area (Å²) in [6.07, 6.45) is 2.97. The van der Waals surface area contributed by atoms with Gasteiger partial charge in [0.1, 0.15) is 0 Å². The van der Waals surface area contributed by atoms with E-state index in [0.717, 1.165) is 19.3 Å². The van der Waals surface area contributed by atoms with Crippen LogP contribution in [0.2, 0.25) is 0 Å². The summed E-state index contributed by atoms with van der Waals surface area (Å²) >= 11 is 0. The molecule has 5 heteroatoms. The highest BCUT2D eigenvalue weighted by Gasteiger charge is 2.65. The number of rotatable bonds is 2. The Bertz CT molecular complexity index is 254. The van der Waals surface area contributed by atoms with E-state index in [1.165, 1.54) is 0 Å². The van der Waals surface area contributed by atoms with Crippen LogP contribution in [0.15, 0.2) is 0 Å². The van der Waals surface area contributed by atoms with E-state index in [0.29, 0.717) is 0 Å². The first kappa shape index (κ1) is 6.88. The minimum Gasteiger partial charge on any atom is -0.254 e. The van der Waals surface area contributed by atoms with Gasteiger partial charge in [-0.2, -0.15) is 8.42 Å². The Kier molecular flexibility index (Phi) is 1.15. The lowest BCUT2D eigenvalue weighted by atomic mass is 10.4. The van der Waals surface area contributed by atoms with E-state index < -0.39 is 9.33 Å². The molecule has 1 unspecified atom stereocenters. The van der Waals surface area contributed by atoms with Crippen molar-refractivity contribution in [1.29, 1.82) is 0 Å². The third-order valence-corrected chi connectivity index (χ3v) is 2.92. The van der Waals surface area contributed by atoms with Crippen LogP contribution in [0.1, 0.15) is 19.3 Å². The number of hydrogen-bond donors (Lipinski definition) is 0. The predicted octanol–water partition coefficient (Wildman–Crippen LogP) is 1.04. The highest BCUT2D eigenvalue weighted by Crippen LogP contribution is 2.67. The summed E-state index contributed by atoms with van der Waals surface area (Å²) in [5.41, 5.74) is 0.238. The number of halogens is 1. The first-order chi connectivity index (χ1) is 4.52. The Morgan fingerprint density at radius 1 is 1.50 bits per heavy atom. The molecule has 1 atom stereocenters. The van der Waals surface area contributed by atoms with Gasteiger partial charge in [0.05, 0.1) is 6.10 Å². The predicted molar refractivity (Wildman–Crippen MR) is 35.9 cm³/mol. The van der Waals surface area contributed by atoms with Gasteiger partial charge in [-0.25, -0.2) is 0 Å². The van der Waals surface area contributed by atoms with E-state index in [9.17, 15) is 8.42 Å². The van der Waals surface area contributed by atoms with Gasteiger partial charge < -0.3 is 0 Å². The van der Waals surface area contributed by atoms with Gasteiger partial charge >= 0.3 is 9.33 Å². The highest BCUT2D eigenvalue weighted by molar-refractivity contribution is 8.10. The summed E-state index contributed by atoms with van der Waals surface area (Å²) in [7, 11) is 1.15. The molecule has 0 bridgehead atoms. The monoisotopic (exact) mass is 182 g/mol. The van der Waals surface area contributed by atoms with Crippen molar-refractivity contribution in [3.63, 3.8) is 0 Å². The van der Waals surface area contributed by atoms with Crippen molar-refractivity contribution in [3.05, 3.63) is 0 Å². The maximum atomic E-state index is 10.3. The lowest BCUT2D eigenvalue weighted by molar-refractivity contribution is 0.293. The van der Waals surface area contributed by atoms with Crippen molar-refractivity contribution in [2.75, 3.05) is 0 Å². The molecule has 58 valence electrons. The molecule has 3 nitrogen and oxygen atoms in total. The Balaban J connectivity index is 1.95. The molecule has 10 heavy (non-hydrogen) atoms. The normalized spacial score (nSPS) is 34.3. The molecule has 2 aliphatic rings. The van der Waals surface area contributed by atoms with Gasteiger partial charge in [0.2, 0.25) is 0 Å². The van der Waals surface area contributed by atoms with Gasteiger partial charge in [-0.3, -0.25) is 4.18 Å². The van der Waals surface area contributed by atoms with Crippen molar-refractivity contribution in [2.45, 2.75) is 25.4 Å². The van der Waals surface area contributed by atoms with Crippen molar-refractivity contribution in [1.82, 2.24) is 0 Å². The largest absolute Gasteiger partial charge is 0.355 e. The highest BCUT2D eigenvalue weighted by atomic mass is 35.7. The third-order valence-electron chi connectivity index (χ3n) is 2.24. The fourth-order valence-electron chi connectivity index (χ4n) is 1.27. The standard InChI is InChI=1S/C5H7ClO3S/c6-10(7,8)9-4-3-5(4)1-2-5/h4H,1-3H2. The van der Waals surface area contributed by atoms with E-state index in [-0.39, 0.29) is 11.5 Å². The van der Waals surface area contributed by atoms with Crippen LogP contribution in [0.3, 0.4) is 0 Å². The summed E-state index contributed by atoms with van der Waals surface area (Å²) in [5.74, 6) is 0. The van der Waals surface area contributed by atoms with Crippen molar-refractivity contribution in [3.8, 4) is 0 Å². The Morgan fingerprint density at radius 3 is 2.40 bits per heavy atom. The molecule has 0 aromatic rings. The first-order valence-electron chi connectivity index (χ1n) is 3.15. The van der Waals surface area contributed by atoms with Crippen LogP contribution in [0.4, 0.5) is 0 Å². The molecular formula is C5H7ClO3S. The summed E-state index contributed by atoms with van der Waals surface area (Å²) in [5, 5.41) is 0. The zero-order valence-electron chi connectivity index (χ0n) is 5.21. The van der Waals surface area contributed by atoms with Crippen molar-refractivity contribution >= 4 is 20.0 Å². The average molecular weight is 183 g/mol. The van der Waals surface area contributed by atoms with Gasteiger partial charge in [-0.15, -0.1) is 0 Å². The van der Waals surface area contributed by atoms with Crippen LogP contribution >= 0.6 is 10.7 Å². The van der Waals surface area contributed by atoms with E-state index in [1.54, 1.807) is 0 Å². The van der Waals surface area contributed by atoms with E-state index in [4.69, 9.17) is 10.7 Å². The van der Waals surface area contributed by atoms with Crippen LogP contribution in [0, 0.1) is 5.41 Å². The molecule has 2 fully saturated rings. The Labute approximate surface area is 63.9 Å². The zero-order valence-corrected chi connectivity index (χ0v) is 6.78. The van der Waals surface area contributed by atoms with Crippen LogP contribution in [0.25, 0.3) is 0 Å². The second kappa shape index (κ2) is 1.68. The summed E-state index contributed by atoms with van der Waals surface area (Å²) in [6.45, 7) is 0. The zero-order chi connectivity index (χ0) is 7.41. The van der Waals surface area contributed by atoms with Gasteiger partial charge in [0.25, 0.3) is 0 Å². The summed E-state index contributed by atoms with van der Waals surface area (Å²) < 4.78 is 25.2. The lowest BCUT2D eigenvalue weighted by Gasteiger charge is -1.93. The molecular weight excluding hydrogens is 176 g/mol. The molecule has 0 N–H and O–H groups in total. The Hall–Kier alpha value is 0.200. The minimum atomic E-state index is -3.72. The minimum absolute atomic E-state index is 0.102. The van der Waals surface area contributed by atoms with E-state index in [2.05, 4.69) is 4.18 Å². The fourth-order valence-corrected chi connectivity index (χ4v) is 2.08. The van der Waals surface area contributed by atoms with Crippen LogP contribution in [-0.2, 0) is 13.5 Å². The molecule has 0 aromatic carbocycles. The van der Waals surface area contributed by atoms with Crippen LogP contribution < -0.4 is 0 Å². The van der Waals surface area contributed by atoms with Gasteiger partial charge in [-0.05, 0) is 19.3 Å². The molecule has 0 heterocycles. The lowest BCUT2D eigenvalue weighted by Crippen LogP contribution is -2.01. The van der Waals surface area contributed by atoms with Crippen LogP contribution in [-0.4, -0.2) is 14.5 Å². The van der Waals surface area contributed by atoms with Gasteiger partial charge in [0, 0.05) is 16.1 Å². The van der Waals surface area contributed by atoms with Crippen molar-refractivity contribution < 1.29 is 12.6 Å². The Morgan fingerprint density at radius 2 is 2.10 bits per heavy atom. The van der Waals surface area contributed by atoms with E-state index in [1.807, 2.05) is 0 Å². The van der Waals surface area contributed by atoms with Crippen molar-refractivity contribution in [2.24, 2.45) is 5.41 Å². The maximum absolute atomic E-state index is 10.3. The molecule has 0 saturated heterocycles. The molecule has 0 amide bonds. The molecule has 0 aromatic heterocycles. The maximum Gasteiger partial charge on any atom is 0.355 e. The molecule has 2 rings (SSSR count). The smallest absolute Gasteiger partial charge is 0.254 e. The SMILES string of the molecule is O=S(=O)(Cl)OC1CC12CC2. The van der Waals surface area contributed by atoms with Gasteiger partial charge in [-0.1, -0.05) is 0 Å². The molecule has 0 aliphatic heterocycles. The molecule has 1 spiro atoms. The average Bonchev–Trinajstić information content (AvgIpc) is 2.50. The quantitative estimate of drug-likeness (QED) is 0.600. The van der Waals surface area contributed by atoms with Gasteiger partial charge in [0.15, 0.2) is 0 Å². The molecule has 0 radical (unpaired) electrons. The molecule has 2 aliphatic carbocycles. The first-order valence-corrected chi connectivity index (χ1v) is 5.38.